The Bertz CT molecular complexity index is 778. The Hall–Kier alpha value is -1.69. The highest BCUT2D eigenvalue weighted by molar-refractivity contribution is 7.14. The number of aromatic nitrogens is 3. The fourth-order valence-electron chi connectivity index (χ4n) is 4.15. The average Bonchev–Trinajstić information content (AvgIpc) is 3.29. The Morgan fingerprint density at radius 3 is 2.92 bits per heavy atom. The molecule has 1 unspecified atom stereocenters. The van der Waals surface area contributed by atoms with Crippen LogP contribution in [0.1, 0.15) is 76.8 Å². The van der Waals surface area contributed by atoms with Gasteiger partial charge in [0.1, 0.15) is 5.82 Å². The Balaban J connectivity index is 1.62. The quantitative estimate of drug-likeness (QED) is 0.836. The zero-order valence-corrected chi connectivity index (χ0v) is 15.9. The fourth-order valence-corrected chi connectivity index (χ4v) is 5.22. The number of thiophene rings is 1. The first-order valence-corrected chi connectivity index (χ1v) is 10.3. The van der Waals surface area contributed by atoms with Crippen LogP contribution in [0.4, 0.5) is 0 Å². The van der Waals surface area contributed by atoms with E-state index < -0.39 is 0 Å². The van der Waals surface area contributed by atoms with E-state index in [9.17, 15) is 4.79 Å². The van der Waals surface area contributed by atoms with E-state index in [0.29, 0.717) is 0 Å². The van der Waals surface area contributed by atoms with Crippen molar-refractivity contribution < 1.29 is 4.79 Å². The molecule has 0 radical (unpaired) electrons. The molecule has 2 aliphatic heterocycles. The molecule has 134 valence electrons. The van der Waals surface area contributed by atoms with Gasteiger partial charge >= 0.3 is 0 Å². The van der Waals surface area contributed by atoms with E-state index in [1.165, 1.54) is 29.7 Å². The zero-order chi connectivity index (χ0) is 17.4. The number of carbonyl (C=O) groups excluding carboxylic acids is 1. The van der Waals surface area contributed by atoms with Crippen LogP contribution in [0, 0.1) is 6.92 Å². The van der Waals surface area contributed by atoms with Crippen molar-refractivity contribution in [2.45, 2.75) is 71.4 Å². The van der Waals surface area contributed by atoms with E-state index in [1.54, 1.807) is 11.3 Å². The molecule has 2 aromatic rings. The molecule has 6 heteroatoms. The standard InChI is InChI=1S/C19H26N4OS/c1-3-15-13(2)12-16(25-15)19(24)22-11-7-8-14(22)18-21-20-17-9-5-4-6-10-23(17)18/h12,14H,3-11H2,1-2H3. The van der Waals surface area contributed by atoms with Gasteiger partial charge in [-0.25, -0.2) is 0 Å². The monoisotopic (exact) mass is 358 g/mol. The number of likely N-dealkylation sites (tertiary alicyclic amines) is 1. The first-order valence-electron chi connectivity index (χ1n) is 9.51. The summed E-state index contributed by atoms with van der Waals surface area (Å²) in [7, 11) is 0. The molecular weight excluding hydrogens is 332 g/mol. The Kier molecular flexibility index (Phi) is 4.63. The molecule has 1 fully saturated rings. The molecule has 5 nitrogen and oxygen atoms in total. The van der Waals surface area contributed by atoms with Gasteiger partial charge in [0, 0.05) is 24.4 Å². The zero-order valence-electron chi connectivity index (χ0n) is 15.1. The van der Waals surface area contributed by atoms with Gasteiger partial charge in [-0.05, 0) is 50.7 Å². The van der Waals surface area contributed by atoms with Gasteiger partial charge in [-0.3, -0.25) is 4.79 Å². The summed E-state index contributed by atoms with van der Waals surface area (Å²) < 4.78 is 2.29. The van der Waals surface area contributed by atoms with Gasteiger partial charge in [-0.15, -0.1) is 21.5 Å². The lowest BCUT2D eigenvalue weighted by atomic mass is 10.2. The maximum Gasteiger partial charge on any atom is 0.264 e. The van der Waals surface area contributed by atoms with Gasteiger partial charge in [-0.2, -0.15) is 0 Å². The van der Waals surface area contributed by atoms with Crippen LogP contribution in [-0.4, -0.2) is 32.1 Å². The highest BCUT2D eigenvalue weighted by Crippen LogP contribution is 2.35. The maximum absolute atomic E-state index is 13.1. The molecule has 0 bridgehead atoms. The van der Waals surface area contributed by atoms with Crippen LogP contribution in [0.3, 0.4) is 0 Å². The SMILES string of the molecule is CCc1sc(C(=O)N2CCCC2c2nnc3n2CCCCC3)cc1C. The number of nitrogens with zero attached hydrogens (tertiary/aromatic N) is 4. The normalized spacial score (nSPS) is 20.6. The lowest BCUT2D eigenvalue weighted by Crippen LogP contribution is -2.31. The van der Waals surface area contributed by atoms with Gasteiger partial charge in [0.05, 0.1) is 10.9 Å². The second-order valence-electron chi connectivity index (χ2n) is 7.16. The van der Waals surface area contributed by atoms with Crippen molar-refractivity contribution in [2.24, 2.45) is 0 Å². The van der Waals surface area contributed by atoms with E-state index >= 15 is 0 Å². The first kappa shape index (κ1) is 16.8. The van der Waals surface area contributed by atoms with Crippen molar-refractivity contribution in [3.05, 3.63) is 33.0 Å². The van der Waals surface area contributed by atoms with Gasteiger partial charge in [0.25, 0.3) is 5.91 Å². The lowest BCUT2D eigenvalue weighted by molar-refractivity contribution is 0.0732. The summed E-state index contributed by atoms with van der Waals surface area (Å²) in [5, 5.41) is 8.95. The number of hydrogen-bond donors (Lipinski definition) is 0. The van der Waals surface area contributed by atoms with Gasteiger partial charge in [-0.1, -0.05) is 13.3 Å². The van der Waals surface area contributed by atoms with E-state index in [2.05, 4.69) is 34.7 Å². The summed E-state index contributed by atoms with van der Waals surface area (Å²) in [6.45, 7) is 6.07. The molecule has 0 spiro atoms. The predicted octanol–water partition coefficient (Wildman–Crippen LogP) is 3.91. The molecule has 0 aromatic carbocycles. The number of fused-ring (bicyclic) bond motifs is 1. The number of aryl methyl sites for hydroxylation is 3. The molecule has 4 rings (SSSR count). The number of amides is 1. The van der Waals surface area contributed by atoms with Gasteiger partial charge < -0.3 is 9.47 Å². The summed E-state index contributed by atoms with van der Waals surface area (Å²) in [5.74, 6) is 2.28. The topological polar surface area (TPSA) is 51.0 Å². The Morgan fingerprint density at radius 2 is 2.12 bits per heavy atom. The maximum atomic E-state index is 13.1. The second kappa shape index (κ2) is 6.90. The van der Waals surface area contributed by atoms with Crippen molar-refractivity contribution in [2.75, 3.05) is 6.54 Å². The van der Waals surface area contributed by atoms with E-state index in [-0.39, 0.29) is 11.9 Å². The van der Waals surface area contributed by atoms with Crippen molar-refractivity contribution in [3.63, 3.8) is 0 Å². The average molecular weight is 359 g/mol. The fraction of sp³-hybridized carbons (Fsp3) is 0.632. The summed E-state index contributed by atoms with van der Waals surface area (Å²) >= 11 is 1.65. The van der Waals surface area contributed by atoms with E-state index in [1.807, 2.05) is 4.90 Å². The van der Waals surface area contributed by atoms with Crippen LogP contribution in [0.2, 0.25) is 0 Å². The molecule has 2 aromatic heterocycles. The Morgan fingerprint density at radius 1 is 1.24 bits per heavy atom. The van der Waals surface area contributed by atoms with Crippen LogP contribution in [0.25, 0.3) is 0 Å². The Labute approximate surface area is 153 Å². The number of carbonyl (C=O) groups is 1. The number of hydrogen-bond acceptors (Lipinski definition) is 4. The van der Waals surface area contributed by atoms with Crippen LogP contribution < -0.4 is 0 Å². The van der Waals surface area contributed by atoms with Crippen LogP contribution in [0.5, 0.6) is 0 Å². The third kappa shape index (κ3) is 3.01. The molecule has 1 amide bonds. The molecule has 2 aliphatic rings. The minimum atomic E-state index is 0.0827. The smallest absolute Gasteiger partial charge is 0.264 e. The molecule has 0 saturated carbocycles. The van der Waals surface area contributed by atoms with Crippen molar-refractivity contribution in [3.8, 4) is 0 Å². The third-order valence-corrected chi connectivity index (χ3v) is 6.87. The molecular formula is C19H26N4OS. The minimum Gasteiger partial charge on any atom is -0.328 e. The summed E-state index contributed by atoms with van der Waals surface area (Å²) in [4.78, 5) is 17.4. The lowest BCUT2D eigenvalue weighted by Gasteiger charge is -2.24. The summed E-state index contributed by atoms with van der Waals surface area (Å²) in [5.41, 5.74) is 1.24. The highest BCUT2D eigenvalue weighted by Gasteiger charge is 2.35. The minimum absolute atomic E-state index is 0.0827. The third-order valence-electron chi connectivity index (χ3n) is 5.50. The van der Waals surface area contributed by atoms with Gasteiger partial charge in [0.15, 0.2) is 5.82 Å². The van der Waals surface area contributed by atoms with Crippen LogP contribution in [-0.2, 0) is 19.4 Å². The van der Waals surface area contributed by atoms with E-state index in [0.717, 1.165) is 55.3 Å². The summed E-state index contributed by atoms with van der Waals surface area (Å²) in [6, 6.07) is 2.14. The van der Waals surface area contributed by atoms with Crippen molar-refractivity contribution in [1.82, 2.24) is 19.7 Å². The van der Waals surface area contributed by atoms with Gasteiger partial charge in [0.2, 0.25) is 0 Å². The molecule has 4 heterocycles. The first-order chi connectivity index (χ1) is 12.2. The molecule has 1 atom stereocenters. The molecule has 0 aliphatic carbocycles. The van der Waals surface area contributed by atoms with E-state index in [4.69, 9.17) is 0 Å². The van der Waals surface area contributed by atoms with Crippen molar-refractivity contribution >= 4 is 17.2 Å². The van der Waals surface area contributed by atoms with Crippen molar-refractivity contribution in [1.29, 1.82) is 0 Å². The summed E-state index contributed by atoms with van der Waals surface area (Å²) in [6.07, 6.45) is 7.67. The molecule has 25 heavy (non-hydrogen) atoms. The second-order valence-corrected chi connectivity index (χ2v) is 8.30. The molecule has 0 N–H and O–H groups in total. The predicted molar refractivity (Wildman–Crippen MR) is 99.0 cm³/mol. The highest BCUT2D eigenvalue weighted by atomic mass is 32.1. The van der Waals surface area contributed by atoms with Crippen LogP contribution in [0.15, 0.2) is 6.07 Å². The number of rotatable bonds is 3. The largest absolute Gasteiger partial charge is 0.328 e. The molecule has 1 saturated heterocycles. The van der Waals surface area contributed by atoms with Crippen LogP contribution >= 0.6 is 11.3 Å².